The normalized spacial score (nSPS) is 10.1. The van der Waals surface area contributed by atoms with Crippen molar-refractivity contribution in [2.75, 3.05) is 5.32 Å². The molecule has 1 aromatic heterocycles. The summed E-state index contributed by atoms with van der Waals surface area (Å²) in [5.41, 5.74) is 1.79. The van der Waals surface area contributed by atoms with Crippen LogP contribution < -0.4 is 5.32 Å². The van der Waals surface area contributed by atoms with Crippen molar-refractivity contribution in [2.24, 2.45) is 0 Å². The van der Waals surface area contributed by atoms with E-state index in [1.54, 1.807) is 6.07 Å². The first-order valence-corrected chi connectivity index (χ1v) is 5.20. The summed E-state index contributed by atoms with van der Waals surface area (Å²) >= 11 is 5.75. The van der Waals surface area contributed by atoms with Crippen molar-refractivity contribution >= 4 is 23.2 Å². The molecule has 0 aliphatic carbocycles. The largest absolute Gasteiger partial charge is 0.364 e. The van der Waals surface area contributed by atoms with Crippen LogP contribution in [-0.2, 0) is 5.88 Å². The molecule has 0 aliphatic rings. The summed E-state index contributed by atoms with van der Waals surface area (Å²) in [7, 11) is 0. The minimum atomic E-state index is -0.314. The highest BCUT2D eigenvalue weighted by Gasteiger charge is 2.10. The summed E-state index contributed by atoms with van der Waals surface area (Å²) in [5, 5.41) is 6.27. The molecule has 0 aliphatic heterocycles. The molecule has 4 nitrogen and oxygen atoms in total. The number of para-hydroxylation sites is 1. The molecule has 1 heterocycles. The van der Waals surface area contributed by atoms with Gasteiger partial charge in [0.05, 0.1) is 0 Å². The quantitative estimate of drug-likeness (QED) is 0.834. The second-order valence-corrected chi connectivity index (χ2v) is 3.40. The average Bonchev–Trinajstić information content (AvgIpc) is 2.83. The van der Waals surface area contributed by atoms with E-state index in [4.69, 9.17) is 11.6 Å². The monoisotopic (exact) mass is 236 g/mol. The van der Waals surface area contributed by atoms with Crippen molar-refractivity contribution in [3.8, 4) is 0 Å². The Hall–Kier alpha value is -1.81. The Morgan fingerprint density at radius 3 is 2.88 bits per heavy atom. The van der Waals surface area contributed by atoms with Crippen LogP contribution in [0.5, 0.6) is 0 Å². The van der Waals surface area contributed by atoms with Gasteiger partial charge in [0.2, 0.25) is 0 Å². The highest BCUT2D eigenvalue weighted by Crippen LogP contribution is 2.17. The molecule has 0 spiro atoms. The van der Waals surface area contributed by atoms with Crippen LogP contribution in [0.2, 0.25) is 0 Å². The number of rotatable bonds is 3. The summed E-state index contributed by atoms with van der Waals surface area (Å²) in [4.78, 5) is 11.7. The standard InChI is InChI=1S/C11H9ClN2O2/c12-7-8-3-1-2-4-9(8)13-11(15)10-5-6-16-14-10/h1-6H,7H2,(H,13,15). The zero-order valence-corrected chi connectivity index (χ0v) is 9.07. The number of halogens is 1. The maximum absolute atomic E-state index is 11.7. The van der Waals surface area contributed by atoms with Gasteiger partial charge >= 0.3 is 0 Å². The van der Waals surface area contributed by atoms with E-state index < -0.39 is 0 Å². The molecule has 16 heavy (non-hydrogen) atoms. The minimum absolute atomic E-state index is 0.240. The number of carbonyl (C=O) groups is 1. The zero-order valence-electron chi connectivity index (χ0n) is 8.31. The maximum Gasteiger partial charge on any atom is 0.277 e. The predicted molar refractivity (Wildman–Crippen MR) is 60.5 cm³/mol. The molecule has 0 bridgehead atoms. The number of benzene rings is 1. The highest BCUT2D eigenvalue weighted by atomic mass is 35.5. The second kappa shape index (κ2) is 4.81. The van der Waals surface area contributed by atoms with Gasteiger partial charge in [-0.1, -0.05) is 23.4 Å². The number of anilines is 1. The molecular formula is C11H9ClN2O2. The van der Waals surface area contributed by atoms with Crippen LogP contribution in [0.15, 0.2) is 41.1 Å². The maximum atomic E-state index is 11.7. The first-order valence-electron chi connectivity index (χ1n) is 4.67. The van der Waals surface area contributed by atoms with Crippen molar-refractivity contribution in [2.45, 2.75) is 5.88 Å². The minimum Gasteiger partial charge on any atom is -0.364 e. The molecule has 2 rings (SSSR count). The third kappa shape index (κ3) is 2.23. The molecule has 1 N–H and O–H groups in total. The van der Waals surface area contributed by atoms with E-state index in [9.17, 15) is 4.79 Å². The van der Waals surface area contributed by atoms with Crippen LogP contribution in [0, 0.1) is 0 Å². The van der Waals surface area contributed by atoms with E-state index in [0.717, 1.165) is 5.56 Å². The number of carbonyl (C=O) groups excluding carboxylic acids is 1. The summed E-state index contributed by atoms with van der Waals surface area (Å²) in [6.45, 7) is 0. The first-order chi connectivity index (χ1) is 7.81. The number of aromatic nitrogens is 1. The van der Waals surface area contributed by atoms with E-state index in [-0.39, 0.29) is 11.6 Å². The molecular weight excluding hydrogens is 228 g/mol. The lowest BCUT2D eigenvalue weighted by Gasteiger charge is -2.06. The van der Waals surface area contributed by atoms with Gasteiger partial charge in [-0.05, 0) is 11.6 Å². The van der Waals surface area contributed by atoms with E-state index >= 15 is 0 Å². The van der Waals surface area contributed by atoms with Gasteiger partial charge in [-0.15, -0.1) is 11.6 Å². The van der Waals surface area contributed by atoms with E-state index in [1.165, 1.54) is 12.3 Å². The van der Waals surface area contributed by atoms with Crippen molar-refractivity contribution in [3.05, 3.63) is 47.9 Å². The fraction of sp³-hybridized carbons (Fsp3) is 0.0909. The van der Waals surface area contributed by atoms with Crippen molar-refractivity contribution in [1.82, 2.24) is 5.16 Å². The Balaban J connectivity index is 2.18. The molecule has 0 saturated heterocycles. The lowest BCUT2D eigenvalue weighted by molar-refractivity contribution is 0.101. The number of hydrogen-bond donors (Lipinski definition) is 1. The molecule has 0 saturated carbocycles. The van der Waals surface area contributed by atoms with Crippen molar-refractivity contribution in [3.63, 3.8) is 0 Å². The number of alkyl halides is 1. The molecule has 1 amide bonds. The smallest absolute Gasteiger partial charge is 0.277 e. The van der Waals surface area contributed by atoms with Crippen LogP contribution in [0.1, 0.15) is 16.1 Å². The van der Waals surface area contributed by atoms with Crippen LogP contribution in [-0.4, -0.2) is 11.1 Å². The molecule has 2 aromatic rings. The zero-order chi connectivity index (χ0) is 11.4. The Kier molecular flexibility index (Phi) is 3.22. The molecule has 0 atom stereocenters. The van der Waals surface area contributed by atoms with Crippen LogP contribution >= 0.6 is 11.6 Å². The number of nitrogens with one attached hydrogen (secondary N) is 1. The molecule has 0 fully saturated rings. The van der Waals surface area contributed by atoms with Gasteiger partial charge in [0.15, 0.2) is 5.69 Å². The van der Waals surface area contributed by atoms with Gasteiger partial charge in [0.25, 0.3) is 5.91 Å². The molecule has 1 aromatic carbocycles. The van der Waals surface area contributed by atoms with Crippen molar-refractivity contribution in [1.29, 1.82) is 0 Å². The number of nitrogens with zero attached hydrogens (tertiary/aromatic N) is 1. The lowest BCUT2D eigenvalue weighted by Crippen LogP contribution is -2.13. The second-order valence-electron chi connectivity index (χ2n) is 3.13. The fourth-order valence-electron chi connectivity index (χ4n) is 1.27. The van der Waals surface area contributed by atoms with E-state index in [2.05, 4.69) is 15.0 Å². The van der Waals surface area contributed by atoms with Gasteiger partial charge in [-0.3, -0.25) is 4.79 Å². The molecule has 82 valence electrons. The Morgan fingerprint density at radius 2 is 2.19 bits per heavy atom. The van der Waals surface area contributed by atoms with Crippen molar-refractivity contribution < 1.29 is 9.32 Å². The summed E-state index contributed by atoms with van der Waals surface area (Å²) in [6.07, 6.45) is 1.35. The topological polar surface area (TPSA) is 55.1 Å². The number of hydrogen-bond acceptors (Lipinski definition) is 3. The van der Waals surface area contributed by atoms with Crippen LogP contribution in [0.4, 0.5) is 5.69 Å². The number of amides is 1. The van der Waals surface area contributed by atoms with E-state index in [1.807, 2.05) is 18.2 Å². The van der Waals surface area contributed by atoms with Gasteiger partial charge < -0.3 is 9.84 Å². The van der Waals surface area contributed by atoms with Gasteiger partial charge in [0, 0.05) is 17.6 Å². The predicted octanol–water partition coefficient (Wildman–Crippen LogP) is 2.67. The van der Waals surface area contributed by atoms with Gasteiger partial charge in [-0.2, -0.15) is 0 Å². The van der Waals surface area contributed by atoms with Crippen LogP contribution in [0.25, 0.3) is 0 Å². The lowest BCUT2D eigenvalue weighted by atomic mass is 10.2. The molecule has 5 heteroatoms. The average molecular weight is 237 g/mol. The van der Waals surface area contributed by atoms with E-state index in [0.29, 0.717) is 11.6 Å². The molecule has 0 unspecified atom stereocenters. The fourth-order valence-corrected chi connectivity index (χ4v) is 1.51. The summed E-state index contributed by atoms with van der Waals surface area (Å²) in [5.74, 6) is 0.0289. The SMILES string of the molecule is O=C(Nc1ccccc1CCl)c1ccon1. The van der Waals surface area contributed by atoms with Gasteiger partial charge in [0.1, 0.15) is 6.26 Å². The Labute approximate surface area is 97.2 Å². The highest BCUT2D eigenvalue weighted by molar-refractivity contribution is 6.17. The summed E-state index contributed by atoms with van der Waals surface area (Å²) < 4.78 is 4.59. The summed E-state index contributed by atoms with van der Waals surface area (Å²) in [6, 6.07) is 8.83. The van der Waals surface area contributed by atoms with Crippen LogP contribution in [0.3, 0.4) is 0 Å². The Bertz CT molecular complexity index is 482. The Morgan fingerprint density at radius 1 is 1.38 bits per heavy atom. The third-order valence-corrected chi connectivity index (χ3v) is 2.37. The third-order valence-electron chi connectivity index (χ3n) is 2.08. The molecule has 0 radical (unpaired) electrons. The first kappa shape index (κ1) is 10.7. The van der Waals surface area contributed by atoms with Gasteiger partial charge in [-0.25, -0.2) is 0 Å².